The van der Waals surface area contributed by atoms with E-state index >= 15 is 0 Å². The minimum Gasteiger partial charge on any atom is -0.482 e. The molecule has 0 aliphatic rings. The summed E-state index contributed by atoms with van der Waals surface area (Å²) < 4.78 is 11.4. The monoisotopic (exact) mass is 510 g/mol. The largest absolute Gasteiger partial charge is 0.482 e. The summed E-state index contributed by atoms with van der Waals surface area (Å²) in [5, 5.41) is 3.97. The smallest absolute Gasteiger partial charge is 0.344 e. The summed E-state index contributed by atoms with van der Waals surface area (Å²) in [7, 11) is 0. The van der Waals surface area contributed by atoms with Crippen LogP contribution in [0.4, 0.5) is 0 Å². The number of benzene rings is 2. The molecule has 160 valence electrons. The number of carbonyl (C=O) groups is 2. The molecule has 0 aliphatic heterocycles. The topological polar surface area (TPSA) is 77.0 Å². The molecule has 0 aliphatic carbocycles. The van der Waals surface area contributed by atoms with Crippen molar-refractivity contribution in [2.24, 2.45) is 5.10 Å². The van der Waals surface area contributed by atoms with E-state index in [0.29, 0.717) is 18.1 Å². The molecule has 2 rings (SSSR count). The zero-order valence-corrected chi connectivity index (χ0v) is 19.7. The van der Waals surface area contributed by atoms with Crippen LogP contribution in [0.2, 0.25) is 0 Å². The zero-order valence-electron chi connectivity index (χ0n) is 16.5. The number of amides is 1. The van der Waals surface area contributed by atoms with Gasteiger partial charge in [-0.25, -0.2) is 10.2 Å². The summed E-state index contributed by atoms with van der Waals surface area (Å²) in [4.78, 5) is 23.4. The molecule has 1 N–H and O–H groups in total. The molecule has 2 aromatic rings. The first-order valence-electron chi connectivity index (χ1n) is 9.09. The number of nitrogens with one attached hydrogen (secondary N) is 1. The van der Waals surface area contributed by atoms with E-state index in [1.165, 1.54) is 11.8 Å². The molecule has 0 unspecified atom stereocenters. The van der Waals surface area contributed by atoms with E-state index in [0.717, 1.165) is 27.1 Å². The highest BCUT2D eigenvalue weighted by molar-refractivity contribution is 9.10. The van der Waals surface area contributed by atoms with Crippen molar-refractivity contribution in [1.29, 1.82) is 0 Å². The van der Waals surface area contributed by atoms with Crippen molar-refractivity contribution in [3.8, 4) is 5.75 Å². The minimum absolute atomic E-state index is 0.130. The Morgan fingerprint density at radius 1 is 1.17 bits per heavy atom. The lowest BCUT2D eigenvalue weighted by Gasteiger charge is -2.06. The van der Waals surface area contributed by atoms with E-state index in [4.69, 9.17) is 9.47 Å². The number of halogens is 1. The second kappa shape index (κ2) is 14.1. The van der Waals surface area contributed by atoms with Gasteiger partial charge in [-0.2, -0.15) is 16.9 Å². The van der Waals surface area contributed by atoms with Crippen LogP contribution in [0.1, 0.15) is 11.1 Å². The van der Waals surface area contributed by atoms with Crippen molar-refractivity contribution in [2.45, 2.75) is 5.75 Å². The van der Waals surface area contributed by atoms with Gasteiger partial charge in [0.05, 0.1) is 12.0 Å². The number of carbonyl (C=O) groups excluding carboxylic acids is 2. The minimum atomic E-state index is -0.394. The fourth-order valence-electron chi connectivity index (χ4n) is 2.15. The van der Waals surface area contributed by atoms with Crippen LogP contribution in [0.5, 0.6) is 5.75 Å². The first-order valence-corrected chi connectivity index (χ1v) is 12.4. The second-order valence-corrected chi connectivity index (χ2v) is 8.77. The third kappa shape index (κ3) is 9.69. The Kier molecular flexibility index (Phi) is 11.4. The van der Waals surface area contributed by atoms with E-state index in [2.05, 4.69) is 26.5 Å². The van der Waals surface area contributed by atoms with Gasteiger partial charge in [-0.1, -0.05) is 34.1 Å². The lowest BCUT2D eigenvalue weighted by atomic mass is 10.2. The van der Waals surface area contributed by atoms with Crippen LogP contribution in [0, 0.1) is 0 Å². The Balaban J connectivity index is 1.66. The molecule has 0 spiro atoms. The van der Waals surface area contributed by atoms with Crippen LogP contribution in [0.3, 0.4) is 0 Å². The summed E-state index contributed by atoms with van der Waals surface area (Å²) in [6.45, 7) is 0.252. The average Bonchev–Trinajstić information content (AvgIpc) is 2.75. The molecule has 0 radical (unpaired) electrons. The third-order valence-electron chi connectivity index (χ3n) is 3.64. The predicted octanol–water partition coefficient (Wildman–Crippen LogP) is 4.12. The fourth-order valence-corrected chi connectivity index (χ4v) is 3.84. The third-order valence-corrected chi connectivity index (χ3v) is 5.97. The summed E-state index contributed by atoms with van der Waals surface area (Å²) >= 11 is 6.63. The molecule has 6 nitrogen and oxygen atoms in total. The molecule has 0 bridgehead atoms. The van der Waals surface area contributed by atoms with E-state index < -0.39 is 5.97 Å². The molecular weight excluding hydrogens is 488 g/mol. The van der Waals surface area contributed by atoms with Gasteiger partial charge >= 0.3 is 5.97 Å². The summed E-state index contributed by atoms with van der Waals surface area (Å²) in [5.41, 5.74) is 4.46. The first-order chi connectivity index (χ1) is 14.6. The van der Waals surface area contributed by atoms with E-state index in [1.807, 2.05) is 30.5 Å². The van der Waals surface area contributed by atoms with Gasteiger partial charge in [-0.05, 0) is 47.7 Å². The Labute approximate surface area is 193 Å². The van der Waals surface area contributed by atoms with E-state index in [1.54, 1.807) is 42.2 Å². The molecule has 0 aromatic heterocycles. The van der Waals surface area contributed by atoms with Gasteiger partial charge in [-0.15, -0.1) is 11.8 Å². The van der Waals surface area contributed by atoms with Crippen molar-refractivity contribution in [3.63, 3.8) is 0 Å². The first kappa shape index (κ1) is 24.3. The summed E-state index contributed by atoms with van der Waals surface area (Å²) in [6, 6.07) is 15.0. The highest BCUT2D eigenvalue weighted by atomic mass is 79.9. The number of hydrazone groups is 1. The van der Waals surface area contributed by atoms with Gasteiger partial charge in [0, 0.05) is 16.0 Å². The molecule has 2 aromatic carbocycles. The van der Waals surface area contributed by atoms with Crippen molar-refractivity contribution < 1.29 is 19.1 Å². The Bertz CT molecular complexity index is 847. The van der Waals surface area contributed by atoms with Crippen LogP contribution < -0.4 is 10.2 Å². The molecule has 0 atom stereocenters. The predicted molar refractivity (Wildman–Crippen MR) is 127 cm³/mol. The molecule has 30 heavy (non-hydrogen) atoms. The Morgan fingerprint density at radius 2 is 1.93 bits per heavy atom. The summed E-state index contributed by atoms with van der Waals surface area (Å²) in [6.07, 6.45) is 3.50. The maximum absolute atomic E-state index is 11.9. The van der Waals surface area contributed by atoms with Crippen LogP contribution in [-0.2, 0) is 20.1 Å². The quantitative estimate of drug-likeness (QED) is 0.200. The van der Waals surface area contributed by atoms with Crippen molar-refractivity contribution in [1.82, 2.24) is 5.43 Å². The van der Waals surface area contributed by atoms with Gasteiger partial charge in [-0.3, -0.25) is 4.79 Å². The van der Waals surface area contributed by atoms with Crippen molar-refractivity contribution >= 4 is 57.5 Å². The van der Waals surface area contributed by atoms with Crippen LogP contribution >= 0.6 is 39.5 Å². The van der Waals surface area contributed by atoms with E-state index in [-0.39, 0.29) is 12.5 Å². The number of nitrogens with zero attached hydrogens (tertiary/aromatic N) is 1. The van der Waals surface area contributed by atoms with Gasteiger partial charge in [0.15, 0.2) is 6.61 Å². The molecule has 1 amide bonds. The number of ether oxygens (including phenoxy) is 2. The average molecular weight is 511 g/mol. The highest BCUT2D eigenvalue weighted by Gasteiger charge is 2.05. The van der Waals surface area contributed by atoms with Gasteiger partial charge in [0.2, 0.25) is 5.91 Å². The Hall–Kier alpha value is -1.97. The van der Waals surface area contributed by atoms with Crippen molar-refractivity contribution in [2.75, 3.05) is 31.0 Å². The molecule has 9 heteroatoms. The fraction of sp³-hybridized carbons (Fsp3) is 0.286. The number of esters is 1. The standard InChI is InChI=1S/C21H23BrN2O4S2/c1-29-11-10-27-21(26)13-28-18-8-6-16(7-9-18)12-23-24-20(25)15-30-14-17-4-2-3-5-19(17)22/h2-9,12H,10-11,13-15H2,1H3,(H,24,25)/b23-12+. The molecular formula is C21H23BrN2O4S2. The summed E-state index contributed by atoms with van der Waals surface area (Å²) in [5.74, 6) is 1.82. The SMILES string of the molecule is CSCCOC(=O)COc1ccc(/C=N/NC(=O)CSCc2ccccc2Br)cc1. The lowest BCUT2D eigenvalue weighted by molar-refractivity contribution is -0.145. The maximum Gasteiger partial charge on any atom is 0.344 e. The highest BCUT2D eigenvalue weighted by Crippen LogP contribution is 2.21. The number of hydrogen-bond donors (Lipinski definition) is 1. The number of rotatable bonds is 12. The number of hydrogen-bond acceptors (Lipinski definition) is 7. The van der Waals surface area contributed by atoms with E-state index in [9.17, 15) is 9.59 Å². The van der Waals surface area contributed by atoms with Crippen molar-refractivity contribution in [3.05, 3.63) is 64.1 Å². The molecule has 0 saturated carbocycles. The molecule has 0 fully saturated rings. The molecule has 0 heterocycles. The van der Waals surface area contributed by atoms with Crippen LogP contribution in [0.25, 0.3) is 0 Å². The van der Waals surface area contributed by atoms with Crippen LogP contribution in [0.15, 0.2) is 58.1 Å². The maximum atomic E-state index is 11.9. The van der Waals surface area contributed by atoms with Gasteiger partial charge in [0.1, 0.15) is 12.4 Å². The molecule has 0 saturated heterocycles. The zero-order chi connectivity index (χ0) is 21.6. The van der Waals surface area contributed by atoms with Gasteiger partial charge < -0.3 is 9.47 Å². The second-order valence-electron chi connectivity index (χ2n) is 5.95. The Morgan fingerprint density at radius 3 is 2.67 bits per heavy atom. The lowest BCUT2D eigenvalue weighted by Crippen LogP contribution is -2.19. The van der Waals surface area contributed by atoms with Crippen LogP contribution in [-0.4, -0.2) is 49.1 Å². The number of thioether (sulfide) groups is 2. The van der Waals surface area contributed by atoms with Gasteiger partial charge in [0.25, 0.3) is 0 Å². The normalized spacial score (nSPS) is 10.7.